The second-order valence-corrected chi connectivity index (χ2v) is 9.64. The normalized spacial score (nSPS) is 11.1. The third-order valence-corrected chi connectivity index (χ3v) is 6.88. The lowest BCUT2D eigenvalue weighted by Gasteiger charge is -2.15. The molecule has 0 atom stereocenters. The number of ether oxygens (including phenoxy) is 3. The van der Waals surface area contributed by atoms with E-state index in [4.69, 9.17) is 14.2 Å². The molecule has 4 rings (SSSR count). The average Bonchev–Trinajstić information content (AvgIpc) is 3.41. The molecule has 0 spiro atoms. The van der Waals surface area contributed by atoms with Crippen molar-refractivity contribution in [2.45, 2.75) is 17.9 Å². The molecule has 43 heavy (non-hydrogen) atoms. The number of alkyl halides is 3. The molecule has 0 fully saturated rings. The number of benzene rings is 3. The maximum atomic E-state index is 13.9. The van der Waals surface area contributed by atoms with Crippen LogP contribution in [0.1, 0.15) is 21.7 Å². The number of anilines is 1. The van der Waals surface area contributed by atoms with E-state index in [1.807, 2.05) is 0 Å². The zero-order valence-electron chi connectivity index (χ0n) is 23.0. The predicted octanol–water partition coefficient (Wildman–Crippen LogP) is 5.11. The molecule has 3 aromatic carbocycles. The average molecular weight is 620 g/mol. The number of methoxy groups -OCH3 is 3. The molecule has 2 amide bonds. The van der Waals surface area contributed by atoms with Gasteiger partial charge in [0.25, 0.3) is 5.91 Å². The fourth-order valence-electron chi connectivity index (χ4n) is 3.94. The van der Waals surface area contributed by atoms with E-state index in [1.54, 1.807) is 6.07 Å². The molecule has 0 saturated heterocycles. The van der Waals surface area contributed by atoms with Crippen LogP contribution in [0.3, 0.4) is 0 Å². The number of rotatable bonds is 11. The number of aromatic nitrogens is 3. The van der Waals surface area contributed by atoms with Crippen molar-refractivity contribution in [3.05, 3.63) is 83.4 Å². The van der Waals surface area contributed by atoms with Crippen LogP contribution in [0.4, 0.5) is 23.2 Å². The van der Waals surface area contributed by atoms with Crippen LogP contribution in [0.15, 0.2) is 65.8 Å². The van der Waals surface area contributed by atoms with Gasteiger partial charge >= 0.3 is 6.18 Å². The van der Waals surface area contributed by atoms with Gasteiger partial charge in [-0.15, -0.1) is 10.2 Å². The number of para-hydroxylation sites is 1. The van der Waals surface area contributed by atoms with E-state index in [2.05, 4.69) is 20.8 Å². The SMILES string of the molecule is COc1cc(C(=O)NCc2nnc(SCC(=O)Nc3ccccc3F)n2-c2cccc(C(F)(F)F)c2)cc(OC)c1OC. The van der Waals surface area contributed by atoms with Gasteiger partial charge in [0.2, 0.25) is 11.7 Å². The Morgan fingerprint density at radius 1 is 0.930 bits per heavy atom. The molecule has 1 aromatic heterocycles. The summed E-state index contributed by atoms with van der Waals surface area (Å²) in [6, 6.07) is 12.9. The van der Waals surface area contributed by atoms with E-state index in [-0.39, 0.29) is 57.5 Å². The smallest absolute Gasteiger partial charge is 0.416 e. The van der Waals surface area contributed by atoms with Crippen molar-refractivity contribution in [2.24, 2.45) is 0 Å². The summed E-state index contributed by atoms with van der Waals surface area (Å²) < 4.78 is 71.6. The minimum Gasteiger partial charge on any atom is -0.493 e. The maximum absolute atomic E-state index is 13.9. The number of carbonyl (C=O) groups is 2. The third kappa shape index (κ3) is 7.35. The Bertz CT molecular complexity index is 1600. The highest BCUT2D eigenvalue weighted by atomic mass is 32.2. The van der Waals surface area contributed by atoms with Gasteiger partial charge in [-0.05, 0) is 42.5 Å². The molecule has 226 valence electrons. The molecule has 1 heterocycles. The van der Waals surface area contributed by atoms with E-state index >= 15 is 0 Å². The Kier molecular flexibility index (Phi) is 9.75. The number of hydrogen-bond acceptors (Lipinski definition) is 8. The van der Waals surface area contributed by atoms with E-state index in [1.165, 1.54) is 68.4 Å². The van der Waals surface area contributed by atoms with Crippen LogP contribution in [0.5, 0.6) is 17.2 Å². The van der Waals surface area contributed by atoms with Crippen molar-refractivity contribution in [3.8, 4) is 22.9 Å². The Hall–Kier alpha value is -4.79. The number of thioether (sulfide) groups is 1. The van der Waals surface area contributed by atoms with E-state index < -0.39 is 29.4 Å². The molecule has 4 aromatic rings. The van der Waals surface area contributed by atoms with Crippen LogP contribution in [0.2, 0.25) is 0 Å². The van der Waals surface area contributed by atoms with Crippen molar-refractivity contribution >= 4 is 29.3 Å². The lowest BCUT2D eigenvalue weighted by Crippen LogP contribution is -2.25. The zero-order valence-corrected chi connectivity index (χ0v) is 23.8. The molecule has 0 aliphatic heterocycles. The highest BCUT2D eigenvalue weighted by Crippen LogP contribution is 2.38. The van der Waals surface area contributed by atoms with Crippen LogP contribution in [-0.2, 0) is 17.5 Å². The Morgan fingerprint density at radius 3 is 2.26 bits per heavy atom. The van der Waals surface area contributed by atoms with E-state index in [9.17, 15) is 27.2 Å². The number of amides is 2. The molecule has 10 nitrogen and oxygen atoms in total. The van der Waals surface area contributed by atoms with Crippen LogP contribution < -0.4 is 24.8 Å². The zero-order chi connectivity index (χ0) is 31.1. The topological polar surface area (TPSA) is 117 Å². The monoisotopic (exact) mass is 619 g/mol. The van der Waals surface area contributed by atoms with Gasteiger partial charge < -0.3 is 24.8 Å². The number of halogens is 4. The summed E-state index contributed by atoms with van der Waals surface area (Å²) in [6.45, 7) is -0.249. The number of nitrogens with zero attached hydrogens (tertiary/aromatic N) is 3. The fraction of sp³-hybridized carbons (Fsp3) is 0.214. The van der Waals surface area contributed by atoms with E-state index in [0.29, 0.717) is 0 Å². The maximum Gasteiger partial charge on any atom is 0.416 e. The molecule has 0 aliphatic carbocycles. The second-order valence-electron chi connectivity index (χ2n) is 8.70. The second kappa shape index (κ2) is 13.5. The summed E-state index contributed by atoms with van der Waals surface area (Å²) in [4.78, 5) is 25.6. The van der Waals surface area contributed by atoms with Crippen LogP contribution in [0.25, 0.3) is 5.69 Å². The number of carbonyl (C=O) groups excluding carboxylic acids is 2. The van der Waals surface area contributed by atoms with Crippen LogP contribution in [-0.4, -0.2) is 53.7 Å². The molecule has 0 aliphatic rings. The highest BCUT2D eigenvalue weighted by Gasteiger charge is 2.31. The van der Waals surface area contributed by atoms with Gasteiger partial charge in [0.1, 0.15) is 5.82 Å². The van der Waals surface area contributed by atoms with Crippen molar-refractivity contribution in [1.29, 1.82) is 0 Å². The first-order chi connectivity index (χ1) is 20.5. The summed E-state index contributed by atoms with van der Waals surface area (Å²) in [5.41, 5.74) is -0.741. The molecular weight excluding hydrogens is 594 g/mol. The Labute approximate surface area is 247 Å². The van der Waals surface area contributed by atoms with Crippen molar-refractivity contribution in [1.82, 2.24) is 20.1 Å². The molecule has 2 N–H and O–H groups in total. The third-order valence-electron chi connectivity index (χ3n) is 5.95. The molecule has 0 radical (unpaired) electrons. The predicted molar refractivity (Wildman–Crippen MR) is 149 cm³/mol. The first kappa shape index (κ1) is 31.2. The van der Waals surface area contributed by atoms with Crippen molar-refractivity contribution < 1.29 is 41.4 Å². The largest absolute Gasteiger partial charge is 0.493 e. The lowest BCUT2D eigenvalue weighted by atomic mass is 10.1. The fourth-order valence-corrected chi connectivity index (χ4v) is 4.71. The number of hydrogen-bond donors (Lipinski definition) is 2. The van der Waals surface area contributed by atoms with Gasteiger partial charge in [0.15, 0.2) is 22.5 Å². The highest BCUT2D eigenvalue weighted by molar-refractivity contribution is 7.99. The Morgan fingerprint density at radius 2 is 1.63 bits per heavy atom. The summed E-state index contributed by atoms with van der Waals surface area (Å²) in [5, 5.41) is 13.3. The molecular formula is C28H25F4N5O5S. The van der Waals surface area contributed by atoms with Gasteiger partial charge in [-0.25, -0.2) is 4.39 Å². The number of nitrogens with one attached hydrogen (secondary N) is 2. The summed E-state index contributed by atoms with van der Waals surface area (Å²) >= 11 is 0.868. The van der Waals surface area contributed by atoms with Crippen LogP contribution in [0, 0.1) is 5.82 Å². The Balaban J connectivity index is 1.60. The van der Waals surface area contributed by atoms with Gasteiger partial charge in [-0.1, -0.05) is 30.0 Å². The van der Waals surface area contributed by atoms with Crippen molar-refractivity contribution in [3.63, 3.8) is 0 Å². The summed E-state index contributed by atoms with van der Waals surface area (Å²) in [6.07, 6.45) is -4.63. The quantitative estimate of drug-likeness (QED) is 0.176. The van der Waals surface area contributed by atoms with Gasteiger partial charge in [0.05, 0.1) is 50.6 Å². The van der Waals surface area contributed by atoms with Gasteiger partial charge in [-0.2, -0.15) is 13.2 Å². The minimum absolute atomic E-state index is 0.0253. The first-order valence-electron chi connectivity index (χ1n) is 12.4. The molecule has 0 unspecified atom stereocenters. The minimum atomic E-state index is -4.63. The molecule has 0 bridgehead atoms. The van der Waals surface area contributed by atoms with E-state index in [0.717, 1.165) is 23.9 Å². The van der Waals surface area contributed by atoms with Crippen molar-refractivity contribution in [2.75, 3.05) is 32.4 Å². The summed E-state index contributed by atoms with van der Waals surface area (Å²) in [5.74, 6) is -1.19. The molecule has 15 heteroatoms. The lowest BCUT2D eigenvalue weighted by molar-refractivity contribution is -0.137. The van der Waals surface area contributed by atoms with Gasteiger partial charge in [0, 0.05) is 5.56 Å². The van der Waals surface area contributed by atoms with Crippen LogP contribution >= 0.6 is 11.8 Å². The molecule has 0 saturated carbocycles. The van der Waals surface area contributed by atoms with Gasteiger partial charge in [-0.3, -0.25) is 14.2 Å². The summed E-state index contributed by atoms with van der Waals surface area (Å²) in [7, 11) is 4.21. The first-order valence-corrected chi connectivity index (χ1v) is 13.4. The standard InChI is InChI=1S/C28H25F4N5O5S/c1-40-21-11-16(12-22(41-2)25(21)42-3)26(39)33-14-23-35-36-27(37(23)18-8-6-7-17(13-18)28(30,31)32)43-15-24(38)34-20-10-5-4-9-19(20)29/h4-13H,14-15H2,1-3H3,(H,33,39)(H,34,38).